The van der Waals surface area contributed by atoms with Gasteiger partial charge in [-0.3, -0.25) is 9.59 Å². The minimum Gasteiger partial charge on any atom is -0.357 e. The van der Waals surface area contributed by atoms with Gasteiger partial charge in [0, 0.05) is 26.2 Å². The number of nitrogens with zero attached hydrogens (tertiary/aromatic N) is 2. The van der Waals surface area contributed by atoms with Crippen molar-refractivity contribution in [1.29, 1.82) is 0 Å². The number of H-pyrrole nitrogens is 1. The fourth-order valence-electron chi connectivity index (χ4n) is 3.21. The Kier molecular flexibility index (Phi) is 3.27. The molecular formula is C13H17N3O4S. The molecule has 2 amide bonds. The molecule has 0 aromatic carbocycles. The molecule has 3 rings (SSSR count). The molecule has 0 unspecified atom stereocenters. The minimum absolute atomic E-state index is 0.0637. The standard InChI is InChI=1S/C13H17N3O4S/c1-9(17)15-5-6-16(13(18)10-3-2-4-14-10)12-8-21(19,20)7-11(12)15/h2-4,11-12,14H,5-8H2,1H3/t11-,12+/m1/s1. The van der Waals surface area contributed by atoms with Crippen molar-refractivity contribution >= 4 is 21.7 Å². The summed E-state index contributed by atoms with van der Waals surface area (Å²) in [6.07, 6.45) is 1.65. The molecule has 3 heterocycles. The maximum Gasteiger partial charge on any atom is 0.270 e. The van der Waals surface area contributed by atoms with Gasteiger partial charge >= 0.3 is 0 Å². The first-order chi connectivity index (χ1) is 9.89. The van der Waals surface area contributed by atoms with Crippen molar-refractivity contribution in [2.75, 3.05) is 24.6 Å². The molecule has 2 aliphatic heterocycles. The predicted molar refractivity (Wildman–Crippen MR) is 75.4 cm³/mol. The summed E-state index contributed by atoms with van der Waals surface area (Å²) in [4.78, 5) is 30.2. The number of sulfone groups is 1. The number of fused-ring (bicyclic) bond motifs is 1. The number of rotatable bonds is 1. The van der Waals surface area contributed by atoms with Crippen LogP contribution in [0.5, 0.6) is 0 Å². The highest BCUT2D eigenvalue weighted by atomic mass is 32.2. The molecule has 2 atom stereocenters. The molecule has 21 heavy (non-hydrogen) atoms. The van der Waals surface area contributed by atoms with Gasteiger partial charge in [-0.1, -0.05) is 0 Å². The predicted octanol–water partition coefficient (Wildman–Crippen LogP) is -0.515. The van der Waals surface area contributed by atoms with Crippen molar-refractivity contribution in [3.63, 3.8) is 0 Å². The van der Waals surface area contributed by atoms with E-state index >= 15 is 0 Å². The fraction of sp³-hybridized carbons (Fsp3) is 0.538. The lowest BCUT2D eigenvalue weighted by Crippen LogP contribution is -2.61. The van der Waals surface area contributed by atoms with Gasteiger partial charge in [-0.05, 0) is 12.1 Å². The Labute approximate surface area is 122 Å². The highest BCUT2D eigenvalue weighted by Crippen LogP contribution is 2.28. The zero-order chi connectivity index (χ0) is 15.2. The van der Waals surface area contributed by atoms with Gasteiger partial charge in [0.2, 0.25) is 5.91 Å². The molecule has 0 aliphatic carbocycles. The normalized spacial score (nSPS) is 27.5. The van der Waals surface area contributed by atoms with Gasteiger partial charge in [-0.25, -0.2) is 8.42 Å². The van der Waals surface area contributed by atoms with Crippen LogP contribution in [0.15, 0.2) is 18.3 Å². The van der Waals surface area contributed by atoms with Crippen molar-refractivity contribution in [3.8, 4) is 0 Å². The summed E-state index contributed by atoms with van der Waals surface area (Å²) in [5.41, 5.74) is 0.439. The van der Waals surface area contributed by atoms with Crippen LogP contribution in [-0.4, -0.2) is 71.7 Å². The molecular weight excluding hydrogens is 294 g/mol. The smallest absolute Gasteiger partial charge is 0.270 e. The summed E-state index contributed by atoms with van der Waals surface area (Å²) >= 11 is 0. The van der Waals surface area contributed by atoms with Gasteiger partial charge in [-0.15, -0.1) is 0 Å². The highest BCUT2D eigenvalue weighted by molar-refractivity contribution is 7.91. The Morgan fingerprint density at radius 1 is 1.19 bits per heavy atom. The van der Waals surface area contributed by atoms with Crippen molar-refractivity contribution in [2.45, 2.75) is 19.0 Å². The van der Waals surface area contributed by atoms with Crippen LogP contribution in [0.4, 0.5) is 0 Å². The van der Waals surface area contributed by atoms with Crippen LogP contribution in [-0.2, 0) is 14.6 Å². The second-order valence-corrected chi connectivity index (χ2v) is 7.66. The minimum atomic E-state index is -3.23. The summed E-state index contributed by atoms with van der Waals surface area (Å²) in [5, 5.41) is 0. The number of hydrogen-bond acceptors (Lipinski definition) is 4. The first kappa shape index (κ1) is 14.1. The fourth-order valence-corrected chi connectivity index (χ4v) is 5.20. The van der Waals surface area contributed by atoms with Gasteiger partial charge in [0.05, 0.1) is 23.6 Å². The molecule has 0 radical (unpaired) electrons. The zero-order valence-electron chi connectivity index (χ0n) is 11.7. The monoisotopic (exact) mass is 311 g/mol. The average Bonchev–Trinajstić information content (AvgIpc) is 3.01. The first-order valence-electron chi connectivity index (χ1n) is 6.81. The molecule has 2 fully saturated rings. The number of piperazine rings is 1. The van der Waals surface area contributed by atoms with Gasteiger partial charge in [-0.2, -0.15) is 0 Å². The molecule has 0 bridgehead atoms. The van der Waals surface area contributed by atoms with Gasteiger partial charge < -0.3 is 14.8 Å². The van der Waals surface area contributed by atoms with E-state index in [0.717, 1.165) is 0 Å². The SMILES string of the molecule is CC(=O)N1CCN(C(=O)c2ccc[nH]2)[C@H]2CS(=O)(=O)C[C@H]21. The van der Waals surface area contributed by atoms with Crippen LogP contribution in [0, 0.1) is 0 Å². The number of hydrogen-bond donors (Lipinski definition) is 1. The Balaban J connectivity index is 1.91. The summed E-state index contributed by atoms with van der Waals surface area (Å²) in [5.74, 6) is -0.496. The Morgan fingerprint density at radius 3 is 2.38 bits per heavy atom. The largest absolute Gasteiger partial charge is 0.357 e. The molecule has 0 saturated carbocycles. The average molecular weight is 311 g/mol. The van der Waals surface area contributed by atoms with E-state index in [4.69, 9.17) is 0 Å². The number of carbonyl (C=O) groups is 2. The molecule has 1 aromatic rings. The lowest BCUT2D eigenvalue weighted by Gasteiger charge is -2.43. The number of carbonyl (C=O) groups excluding carboxylic acids is 2. The van der Waals surface area contributed by atoms with E-state index in [-0.39, 0.29) is 23.3 Å². The number of aromatic nitrogens is 1. The van der Waals surface area contributed by atoms with Crippen LogP contribution >= 0.6 is 0 Å². The van der Waals surface area contributed by atoms with Crippen LogP contribution in [0.1, 0.15) is 17.4 Å². The van der Waals surface area contributed by atoms with E-state index < -0.39 is 21.9 Å². The molecule has 8 heteroatoms. The van der Waals surface area contributed by atoms with E-state index in [2.05, 4.69) is 4.98 Å². The van der Waals surface area contributed by atoms with Gasteiger partial charge in [0.15, 0.2) is 9.84 Å². The maximum absolute atomic E-state index is 12.5. The number of aromatic amines is 1. The first-order valence-corrected chi connectivity index (χ1v) is 8.63. The second-order valence-electron chi connectivity index (χ2n) is 5.51. The van der Waals surface area contributed by atoms with Crippen LogP contribution < -0.4 is 0 Å². The lowest BCUT2D eigenvalue weighted by atomic mass is 10.0. The summed E-state index contributed by atoms with van der Waals surface area (Å²) in [7, 11) is -3.23. The molecule has 2 saturated heterocycles. The Morgan fingerprint density at radius 2 is 1.81 bits per heavy atom. The third-order valence-corrected chi connectivity index (χ3v) is 5.87. The van der Waals surface area contributed by atoms with Crippen LogP contribution in [0.2, 0.25) is 0 Å². The third kappa shape index (κ3) is 2.44. The topological polar surface area (TPSA) is 90.6 Å². The molecule has 0 spiro atoms. The van der Waals surface area contributed by atoms with E-state index in [0.29, 0.717) is 18.8 Å². The van der Waals surface area contributed by atoms with Gasteiger partial charge in [0.25, 0.3) is 5.91 Å². The van der Waals surface area contributed by atoms with Crippen molar-refractivity contribution in [3.05, 3.63) is 24.0 Å². The third-order valence-electron chi connectivity index (χ3n) is 4.17. The number of amides is 2. The molecule has 114 valence electrons. The van der Waals surface area contributed by atoms with Crippen molar-refractivity contribution in [1.82, 2.24) is 14.8 Å². The summed E-state index contributed by atoms with van der Waals surface area (Å²) in [6.45, 7) is 2.16. The quantitative estimate of drug-likeness (QED) is 0.756. The molecule has 2 aliphatic rings. The lowest BCUT2D eigenvalue weighted by molar-refractivity contribution is -0.133. The zero-order valence-corrected chi connectivity index (χ0v) is 12.5. The van der Waals surface area contributed by atoms with Crippen molar-refractivity contribution < 1.29 is 18.0 Å². The summed E-state index contributed by atoms with van der Waals surface area (Å²) < 4.78 is 23.9. The molecule has 7 nitrogen and oxygen atoms in total. The van der Waals surface area contributed by atoms with E-state index in [1.807, 2.05) is 0 Å². The second kappa shape index (κ2) is 4.87. The number of nitrogens with one attached hydrogen (secondary N) is 1. The van der Waals surface area contributed by atoms with E-state index in [1.54, 1.807) is 28.1 Å². The Hall–Kier alpha value is -1.83. The molecule has 1 N–H and O–H groups in total. The summed E-state index contributed by atoms with van der Waals surface area (Å²) in [6, 6.07) is 2.50. The van der Waals surface area contributed by atoms with E-state index in [1.165, 1.54) is 6.92 Å². The van der Waals surface area contributed by atoms with Crippen LogP contribution in [0.25, 0.3) is 0 Å². The molecule has 1 aromatic heterocycles. The Bertz CT molecular complexity index is 668. The van der Waals surface area contributed by atoms with Crippen molar-refractivity contribution in [2.24, 2.45) is 0 Å². The maximum atomic E-state index is 12.5. The van der Waals surface area contributed by atoms with E-state index in [9.17, 15) is 18.0 Å². The highest BCUT2D eigenvalue weighted by Gasteiger charge is 2.49. The van der Waals surface area contributed by atoms with Gasteiger partial charge in [0.1, 0.15) is 5.69 Å². The van der Waals surface area contributed by atoms with Crippen LogP contribution in [0.3, 0.4) is 0 Å².